The van der Waals surface area contributed by atoms with Gasteiger partial charge in [-0.3, -0.25) is 14.2 Å². The van der Waals surface area contributed by atoms with E-state index in [0.717, 1.165) is 36.3 Å². The molecule has 6 atom stereocenters. The summed E-state index contributed by atoms with van der Waals surface area (Å²) in [6, 6.07) is 9.64. The summed E-state index contributed by atoms with van der Waals surface area (Å²) in [7, 11) is -4.48. The fourth-order valence-electron chi connectivity index (χ4n) is 7.37. The number of piperidine rings is 1. The summed E-state index contributed by atoms with van der Waals surface area (Å²) in [5.41, 5.74) is -0.399. The number of ether oxygens (including phenoxy) is 2. The van der Waals surface area contributed by atoms with Crippen LogP contribution in [0.4, 0.5) is 0 Å². The average molecular weight is 653 g/mol. The quantitative estimate of drug-likeness (QED) is 0.0455. The van der Waals surface area contributed by atoms with E-state index in [1.807, 2.05) is 30.3 Å². The summed E-state index contributed by atoms with van der Waals surface area (Å²) < 4.78 is 35.9. The number of phosphoric ester groups is 1. The maximum atomic E-state index is 13.3. The van der Waals surface area contributed by atoms with Gasteiger partial charge in [0.2, 0.25) is 0 Å². The van der Waals surface area contributed by atoms with Crippen molar-refractivity contribution >= 4 is 13.8 Å². The first kappa shape index (κ1) is 38.2. The molecule has 0 aromatic heterocycles. The van der Waals surface area contributed by atoms with E-state index in [1.165, 1.54) is 96.8 Å². The zero-order valence-corrected chi connectivity index (χ0v) is 29.6. The van der Waals surface area contributed by atoms with Crippen LogP contribution in [0.1, 0.15) is 142 Å². The van der Waals surface area contributed by atoms with Crippen LogP contribution in [0, 0.1) is 5.92 Å². The number of rotatable bonds is 26. The number of nitrogens with one attached hydrogen (secondary N) is 1. The monoisotopic (exact) mass is 652 g/mol. The van der Waals surface area contributed by atoms with E-state index in [4.69, 9.17) is 18.5 Å². The Labute approximate surface area is 273 Å². The molecule has 2 fully saturated rings. The molecule has 0 radical (unpaired) electrons. The number of esters is 1. The minimum Gasteiger partial charge on any atom is -0.458 e. The van der Waals surface area contributed by atoms with Crippen molar-refractivity contribution in [2.75, 3.05) is 26.4 Å². The highest BCUT2D eigenvalue weighted by molar-refractivity contribution is 7.47. The van der Waals surface area contributed by atoms with Crippen LogP contribution in [0.2, 0.25) is 0 Å². The summed E-state index contributed by atoms with van der Waals surface area (Å²) in [6.45, 7) is 9.09. The normalized spacial score (nSPS) is 25.9. The van der Waals surface area contributed by atoms with Gasteiger partial charge in [-0.05, 0) is 18.6 Å². The molecule has 0 saturated carbocycles. The zero-order chi connectivity index (χ0) is 32.6. The Hall–Kier alpha value is -1.28. The molecule has 2 aliphatic heterocycles. The maximum Gasteiger partial charge on any atom is 0.477 e. The van der Waals surface area contributed by atoms with E-state index in [9.17, 15) is 14.3 Å². The second kappa shape index (κ2) is 19.5. The smallest absolute Gasteiger partial charge is 0.458 e. The summed E-state index contributed by atoms with van der Waals surface area (Å²) in [4.78, 5) is 23.7. The fraction of sp³-hybridized carbons (Fsp3) is 0.806. The highest BCUT2D eigenvalue weighted by atomic mass is 31.2. The van der Waals surface area contributed by atoms with Gasteiger partial charge in [-0.2, -0.15) is 0 Å². The molecule has 258 valence electrons. The topological polar surface area (TPSA) is 95.7 Å². The van der Waals surface area contributed by atoms with Crippen molar-refractivity contribution in [3.63, 3.8) is 0 Å². The number of hydrogen-bond donors (Lipinski definition) is 2. The highest BCUT2D eigenvalue weighted by Gasteiger charge is 2.87. The Morgan fingerprint density at radius 1 is 0.911 bits per heavy atom. The first-order valence-electron chi connectivity index (χ1n) is 18.0. The molecule has 2 heterocycles. The third-order valence-corrected chi connectivity index (χ3v) is 11.1. The standard InChI is InChI=1S/C36H62NO7P/c1-5-6-7-8-9-10-11-12-13-14-15-16-17-18-19-23-28-41-29-34(43-32(3)38)30-42-45(39,40)44-36(33-24-21-20-22-25-33)35(4)31(2)26-27-37(35)36/h20-22,24-25,31,34H,5-19,23,26-30H2,1-4H3,(H,39,40)/p+1. The number of unbranched alkanes of at least 4 members (excludes halogenated alkanes) is 15. The van der Waals surface area contributed by atoms with Crippen LogP contribution in [-0.2, 0) is 33.6 Å². The molecule has 45 heavy (non-hydrogen) atoms. The Kier molecular flexibility index (Phi) is 16.6. The van der Waals surface area contributed by atoms with Gasteiger partial charge in [0.1, 0.15) is 6.10 Å². The van der Waals surface area contributed by atoms with Crippen LogP contribution >= 0.6 is 7.82 Å². The number of quaternary nitrogens is 1. The number of fused-ring (bicyclic) bond motifs is 1. The van der Waals surface area contributed by atoms with E-state index in [2.05, 4.69) is 20.8 Å². The van der Waals surface area contributed by atoms with Gasteiger partial charge in [0, 0.05) is 38.4 Å². The number of phosphoric acid groups is 1. The minimum atomic E-state index is -4.48. The lowest BCUT2D eigenvalue weighted by Gasteiger charge is -2.24. The molecule has 1 aromatic rings. The van der Waals surface area contributed by atoms with E-state index >= 15 is 0 Å². The Morgan fingerprint density at radius 2 is 1.44 bits per heavy atom. The molecule has 1 aromatic carbocycles. The summed E-state index contributed by atoms with van der Waals surface area (Å²) in [5, 5.41) is 0. The van der Waals surface area contributed by atoms with Crippen LogP contribution in [-0.4, -0.2) is 48.9 Å². The van der Waals surface area contributed by atoms with Gasteiger partial charge >= 0.3 is 13.8 Å². The molecule has 0 amide bonds. The molecule has 3 rings (SSSR count). The van der Waals surface area contributed by atoms with Crippen molar-refractivity contribution in [1.29, 1.82) is 0 Å². The van der Waals surface area contributed by atoms with Crippen molar-refractivity contribution in [3.05, 3.63) is 35.9 Å². The van der Waals surface area contributed by atoms with Crippen molar-refractivity contribution < 1.29 is 37.7 Å². The van der Waals surface area contributed by atoms with Crippen LogP contribution in [0.3, 0.4) is 0 Å². The predicted octanol–water partition coefficient (Wildman–Crippen LogP) is 7.88. The second-order valence-corrected chi connectivity index (χ2v) is 15.0. The van der Waals surface area contributed by atoms with Crippen LogP contribution in [0.25, 0.3) is 0 Å². The lowest BCUT2D eigenvalue weighted by molar-refractivity contribution is -0.828. The molecule has 0 spiro atoms. The minimum absolute atomic E-state index is 0.105. The van der Waals surface area contributed by atoms with Crippen molar-refractivity contribution in [2.24, 2.45) is 5.92 Å². The summed E-state index contributed by atoms with van der Waals surface area (Å²) in [5.74, 6) is -0.169. The van der Waals surface area contributed by atoms with Gasteiger partial charge in [0.15, 0.2) is 5.54 Å². The molecule has 6 unspecified atom stereocenters. The van der Waals surface area contributed by atoms with Crippen LogP contribution in [0.5, 0.6) is 0 Å². The van der Waals surface area contributed by atoms with Crippen molar-refractivity contribution in [3.8, 4) is 0 Å². The molecule has 8 nitrogen and oxygen atoms in total. The van der Waals surface area contributed by atoms with Gasteiger partial charge in [-0.1, -0.05) is 128 Å². The third kappa shape index (κ3) is 11.4. The van der Waals surface area contributed by atoms with Gasteiger partial charge < -0.3 is 14.4 Å². The van der Waals surface area contributed by atoms with Gasteiger partial charge in [0.25, 0.3) is 5.72 Å². The van der Waals surface area contributed by atoms with Gasteiger partial charge in [-0.15, -0.1) is 0 Å². The second-order valence-electron chi connectivity index (χ2n) is 13.6. The molecular formula is C36H63NO7P+. The third-order valence-electron chi connectivity index (χ3n) is 10.2. The van der Waals surface area contributed by atoms with Crippen molar-refractivity contribution in [1.82, 2.24) is 0 Å². The Balaban J connectivity index is 1.28. The molecule has 0 aliphatic carbocycles. The largest absolute Gasteiger partial charge is 0.477 e. The average Bonchev–Trinajstić information content (AvgIpc) is 3.37. The first-order valence-corrected chi connectivity index (χ1v) is 19.5. The number of benzene rings is 1. The lowest BCUT2D eigenvalue weighted by Crippen LogP contribution is -2.98. The van der Waals surface area contributed by atoms with Crippen LogP contribution < -0.4 is 4.90 Å². The summed E-state index contributed by atoms with van der Waals surface area (Å²) in [6.07, 6.45) is 21.2. The highest BCUT2D eigenvalue weighted by Crippen LogP contribution is 2.59. The molecule has 2 aliphatic rings. The fourth-order valence-corrected chi connectivity index (χ4v) is 8.53. The van der Waals surface area contributed by atoms with E-state index < -0.39 is 25.6 Å². The number of hydrogen-bond acceptors (Lipinski definition) is 6. The molecule has 9 heteroatoms. The zero-order valence-electron chi connectivity index (χ0n) is 28.7. The van der Waals surface area contributed by atoms with Crippen LogP contribution in [0.15, 0.2) is 30.3 Å². The van der Waals surface area contributed by atoms with E-state index in [0.29, 0.717) is 12.5 Å². The van der Waals surface area contributed by atoms with Crippen molar-refractivity contribution in [2.45, 2.75) is 154 Å². The van der Waals surface area contributed by atoms with E-state index in [-0.39, 0.29) is 18.8 Å². The number of carbonyl (C=O) groups is 1. The first-order chi connectivity index (χ1) is 21.7. The number of carbonyl (C=O) groups excluding carboxylic acids is 1. The summed E-state index contributed by atoms with van der Waals surface area (Å²) >= 11 is 0. The molecular weight excluding hydrogens is 589 g/mol. The Bertz CT molecular complexity index is 1030. The molecule has 0 bridgehead atoms. The Morgan fingerprint density at radius 3 is 1.93 bits per heavy atom. The predicted molar refractivity (Wildman–Crippen MR) is 179 cm³/mol. The lowest BCUT2D eigenvalue weighted by atomic mass is 9.85. The molecule has 2 N–H and O–H groups in total. The van der Waals surface area contributed by atoms with E-state index in [1.54, 1.807) is 0 Å². The SMILES string of the molecule is CCCCCCCCCCCCCCCCCCOCC(COP(=O)(O)OC1(c2ccccc2)[NH+]2CCC(C)C21C)OC(C)=O. The maximum absolute atomic E-state index is 13.3. The van der Waals surface area contributed by atoms with Gasteiger partial charge in [-0.25, -0.2) is 9.09 Å². The molecule has 2 saturated heterocycles. The van der Waals surface area contributed by atoms with Gasteiger partial charge in [0.05, 0.1) is 19.8 Å².